The third-order valence-corrected chi connectivity index (χ3v) is 23.3. The maximum absolute atomic E-state index is 5.73. The average molecular weight is 1540 g/mol. The van der Waals surface area contributed by atoms with E-state index in [1.54, 1.807) is 70.1 Å². The minimum Gasteiger partial charge on any atom is -0.379 e. The number of nitrogens with zero attached hydrogens (tertiary/aromatic N) is 15. The van der Waals surface area contributed by atoms with E-state index >= 15 is 0 Å². The molecular weight excluding hydrogens is 1440 g/mol. The second-order valence-electron chi connectivity index (χ2n) is 28.3. The topological polar surface area (TPSA) is 260 Å². The molecule has 3 fully saturated rings. The summed E-state index contributed by atoms with van der Waals surface area (Å²) < 4.78 is 5.40. The lowest BCUT2D eigenvalue weighted by Crippen LogP contribution is -2.40. The Morgan fingerprint density at radius 3 is 0.963 bits per heavy atom. The molecule has 8 aromatic heterocycles. The van der Waals surface area contributed by atoms with Gasteiger partial charge in [-0.05, 0) is 252 Å². The van der Waals surface area contributed by atoms with Crippen molar-refractivity contribution in [3.05, 3.63) is 209 Å². The maximum atomic E-state index is 5.73. The van der Waals surface area contributed by atoms with Gasteiger partial charge < -0.3 is 37.1 Å². The summed E-state index contributed by atoms with van der Waals surface area (Å²) in [6.07, 6.45) is 13.7. The standard InChI is InChI=1S/C23H30N6OS.C22H27N5S.C21H25N5S.C17H19N5S/c1-16-12-17(2)14-19(13-16)27-23-25-5-4-20(28-23)22-26-18(3)21(31-22)15-24-6-7-29-8-10-30-11-9-29;1-15-11-16(2)13-18(12-15)25-22-23-8-7-19(26-22)21-24-17(3)20(28-21)14-27-9-5-4-6-10-27;1-14-10-15(2)12-17(11-14)24-21-22-7-6-18(25-21)20-23-16(3)19(27-20)13-26-8-4-5-9-26;1-10-6-11(2)8-13(7-10)21-17-19-5-4-14(22-17)16-20-12(3)15(9-18)23-16/h4-5,12-14,24H,6-11,15H2,1-3H3,(H,25,27,28);7-8,11-13H,4-6,9-10,14H2,1-3H3,(H,23,25,26);6-7,10-12H,4-5,8-9,13H2,1-3H3,(H,22,24,25);4-8H,9,18H2,1-3H3,(H,19,21,22). The van der Waals surface area contributed by atoms with Crippen LogP contribution in [0.2, 0.25) is 0 Å². The summed E-state index contributed by atoms with van der Waals surface area (Å²) in [4.78, 5) is 67.5. The van der Waals surface area contributed by atoms with Crippen molar-refractivity contribution in [1.29, 1.82) is 0 Å². The molecule has 0 amide bonds. The Balaban J connectivity index is 0.000000136. The zero-order chi connectivity index (χ0) is 76.3. The Labute approximate surface area is 657 Å². The summed E-state index contributed by atoms with van der Waals surface area (Å²) >= 11 is 6.78. The van der Waals surface area contributed by atoms with Crippen LogP contribution in [-0.2, 0) is 30.9 Å². The Kier molecular flexibility index (Phi) is 27.9. The molecule has 26 heteroatoms. The van der Waals surface area contributed by atoms with Gasteiger partial charge >= 0.3 is 0 Å². The van der Waals surface area contributed by atoms with Gasteiger partial charge in [0.2, 0.25) is 23.8 Å². The number of nitrogens with one attached hydrogen (secondary N) is 5. The lowest BCUT2D eigenvalue weighted by atomic mass is 10.1. The largest absolute Gasteiger partial charge is 0.379 e. The van der Waals surface area contributed by atoms with Crippen molar-refractivity contribution in [2.24, 2.45) is 5.73 Å². The SMILES string of the molecule is Cc1cc(C)cc(Nc2nccc(-c3nc(C)c(CN)s3)n2)c1.Cc1cc(C)cc(Nc2nccc(-c3nc(C)c(CN4CCCC4)s3)n2)c1.Cc1cc(C)cc(Nc2nccc(-c3nc(C)c(CN4CCCCC4)s3)n2)c1.Cc1cc(C)cc(Nc2nccc(-c3nc(C)c(CNCCN4CCOCC4)s3)n2)c1. The number of likely N-dealkylation sites (tertiary alicyclic amines) is 2. The molecule has 15 rings (SSSR count). The summed E-state index contributed by atoms with van der Waals surface area (Å²) in [6, 6.07) is 33.0. The molecular formula is C83H101N21OS4. The number of aromatic nitrogens is 12. The van der Waals surface area contributed by atoms with E-state index in [1.165, 1.54) is 117 Å². The fraction of sp³-hybridized carbons (Fsp3) is 0.373. The molecule has 0 radical (unpaired) electrons. The highest BCUT2D eigenvalue weighted by molar-refractivity contribution is 7.16. The monoisotopic (exact) mass is 1540 g/mol. The molecule has 0 aliphatic carbocycles. The highest BCUT2D eigenvalue weighted by atomic mass is 32.1. The van der Waals surface area contributed by atoms with E-state index in [9.17, 15) is 0 Å². The van der Waals surface area contributed by atoms with Gasteiger partial charge in [-0.2, -0.15) is 0 Å². The summed E-state index contributed by atoms with van der Waals surface area (Å²) in [5.74, 6) is 2.36. The Morgan fingerprint density at radius 2 is 0.642 bits per heavy atom. The molecule has 3 aliphatic heterocycles. The first kappa shape index (κ1) is 79.2. The van der Waals surface area contributed by atoms with Crippen LogP contribution in [0.25, 0.3) is 42.8 Å². The minimum absolute atomic E-state index is 0.502. The van der Waals surface area contributed by atoms with E-state index in [4.69, 9.17) is 40.4 Å². The number of piperidine rings is 1. The van der Waals surface area contributed by atoms with E-state index in [-0.39, 0.29) is 0 Å². The average Bonchev–Trinajstić information content (AvgIpc) is 1.73. The van der Waals surface area contributed by atoms with Gasteiger partial charge in [0.25, 0.3) is 0 Å². The molecule has 0 unspecified atom stereocenters. The predicted molar refractivity (Wildman–Crippen MR) is 449 cm³/mol. The first-order chi connectivity index (χ1) is 52.7. The zero-order valence-electron chi connectivity index (χ0n) is 64.8. The van der Waals surface area contributed by atoms with Crippen molar-refractivity contribution in [3.8, 4) is 42.8 Å². The van der Waals surface area contributed by atoms with Crippen molar-refractivity contribution in [1.82, 2.24) is 79.8 Å². The molecule has 4 aromatic carbocycles. The Morgan fingerprint density at radius 1 is 0.349 bits per heavy atom. The lowest BCUT2D eigenvalue weighted by Gasteiger charge is -2.26. The normalized spacial score (nSPS) is 13.9. The number of rotatable bonds is 22. The van der Waals surface area contributed by atoms with Crippen LogP contribution in [0.15, 0.2) is 122 Å². The van der Waals surface area contributed by atoms with Crippen molar-refractivity contribution >= 4 is 91.9 Å². The van der Waals surface area contributed by atoms with Crippen LogP contribution in [-0.4, -0.2) is 140 Å². The van der Waals surface area contributed by atoms with Crippen LogP contribution in [0.5, 0.6) is 0 Å². The number of hydrogen-bond acceptors (Lipinski definition) is 26. The molecule has 568 valence electrons. The third-order valence-electron chi connectivity index (χ3n) is 18.5. The van der Waals surface area contributed by atoms with Crippen molar-refractivity contribution in [2.75, 3.05) is 86.8 Å². The molecule has 0 saturated carbocycles. The number of benzene rings is 4. The zero-order valence-corrected chi connectivity index (χ0v) is 68.1. The lowest BCUT2D eigenvalue weighted by molar-refractivity contribution is 0.0384. The number of anilines is 8. The van der Waals surface area contributed by atoms with Gasteiger partial charge in [-0.15, -0.1) is 45.3 Å². The Hall–Kier alpha value is -9.32. The molecule has 3 aliphatic rings. The predicted octanol–water partition coefficient (Wildman–Crippen LogP) is 17.5. The minimum atomic E-state index is 0.502. The van der Waals surface area contributed by atoms with E-state index in [1.807, 2.05) is 31.2 Å². The van der Waals surface area contributed by atoms with Crippen LogP contribution in [0.4, 0.5) is 46.5 Å². The van der Waals surface area contributed by atoms with Crippen LogP contribution >= 0.6 is 45.3 Å². The van der Waals surface area contributed by atoms with Crippen LogP contribution in [0.3, 0.4) is 0 Å². The molecule has 0 spiro atoms. The van der Waals surface area contributed by atoms with E-state index in [0.717, 1.165) is 152 Å². The van der Waals surface area contributed by atoms with Crippen molar-refractivity contribution in [2.45, 2.75) is 141 Å². The quantitative estimate of drug-likeness (QED) is 0.0345. The highest BCUT2D eigenvalue weighted by Gasteiger charge is 2.21. The fourth-order valence-corrected chi connectivity index (χ4v) is 17.4. The van der Waals surface area contributed by atoms with Gasteiger partial charge in [0, 0.05) is 119 Å². The second-order valence-corrected chi connectivity index (χ2v) is 32.7. The summed E-state index contributed by atoms with van der Waals surface area (Å²) in [6.45, 7) is 38.8. The van der Waals surface area contributed by atoms with Crippen LogP contribution < -0.4 is 32.3 Å². The highest BCUT2D eigenvalue weighted by Crippen LogP contribution is 2.34. The number of morpholine rings is 1. The van der Waals surface area contributed by atoms with E-state index < -0.39 is 0 Å². The first-order valence-electron chi connectivity index (χ1n) is 37.5. The first-order valence-corrected chi connectivity index (χ1v) is 40.8. The number of nitrogens with two attached hydrogens (primary N) is 1. The number of ether oxygens (including phenoxy) is 1. The summed E-state index contributed by atoms with van der Waals surface area (Å²) in [5, 5.41) is 20.5. The van der Waals surface area contributed by atoms with Crippen molar-refractivity contribution < 1.29 is 4.74 Å². The van der Waals surface area contributed by atoms with Gasteiger partial charge in [0.05, 0.1) is 36.0 Å². The smallest absolute Gasteiger partial charge is 0.227 e. The molecule has 11 heterocycles. The van der Waals surface area contributed by atoms with Gasteiger partial charge in [0.15, 0.2) is 0 Å². The number of hydrogen-bond donors (Lipinski definition) is 6. The fourth-order valence-electron chi connectivity index (χ4n) is 13.4. The molecule has 7 N–H and O–H groups in total. The third kappa shape index (κ3) is 23.4. The van der Waals surface area contributed by atoms with Gasteiger partial charge in [-0.1, -0.05) is 30.7 Å². The van der Waals surface area contributed by atoms with Crippen LogP contribution in [0.1, 0.15) is 119 Å². The Bertz CT molecular complexity index is 4910. The summed E-state index contributed by atoms with van der Waals surface area (Å²) in [7, 11) is 0. The number of thiazole rings is 4. The van der Waals surface area contributed by atoms with E-state index in [2.05, 4.69) is 220 Å². The molecule has 12 aromatic rings. The van der Waals surface area contributed by atoms with E-state index in [0.29, 0.717) is 30.3 Å². The second kappa shape index (κ2) is 38.4. The molecule has 22 nitrogen and oxygen atoms in total. The molecule has 0 bridgehead atoms. The molecule has 3 saturated heterocycles. The van der Waals surface area contributed by atoms with Gasteiger partial charge in [-0.3, -0.25) is 14.7 Å². The molecule has 109 heavy (non-hydrogen) atoms. The maximum Gasteiger partial charge on any atom is 0.227 e. The molecule has 0 atom stereocenters. The van der Waals surface area contributed by atoms with Crippen LogP contribution in [0, 0.1) is 83.1 Å². The van der Waals surface area contributed by atoms with Crippen molar-refractivity contribution in [3.63, 3.8) is 0 Å². The number of aryl methyl sites for hydroxylation is 12. The van der Waals surface area contributed by atoms with Gasteiger partial charge in [-0.25, -0.2) is 59.8 Å². The van der Waals surface area contributed by atoms with Gasteiger partial charge in [0.1, 0.15) is 42.8 Å². The summed E-state index contributed by atoms with van der Waals surface area (Å²) in [5.41, 5.74) is 27.1.